The highest BCUT2D eigenvalue weighted by Crippen LogP contribution is 2.65. The Balaban J connectivity index is 1.81. The van der Waals surface area contributed by atoms with E-state index in [-0.39, 0.29) is 24.3 Å². The molecule has 138 valence electrons. The third-order valence-corrected chi connectivity index (χ3v) is 7.59. The number of piperidine rings is 1. The highest BCUT2D eigenvalue weighted by molar-refractivity contribution is 6.61. The smallest absolute Gasteiger partial charge is 0.408 e. The summed E-state index contributed by atoms with van der Waals surface area (Å²) in [5.74, 6) is -1.24. The number of benzene rings is 1. The van der Waals surface area contributed by atoms with Crippen LogP contribution < -0.4 is 0 Å². The van der Waals surface area contributed by atoms with E-state index in [1.807, 2.05) is 0 Å². The second-order valence-corrected chi connectivity index (χ2v) is 8.85. The SMILES string of the molecule is O=C(O)c1ccc2c(c1)CCC21CC2(CCN1C(=O)O)CC(=O)C2(Cl)Cl. The van der Waals surface area contributed by atoms with E-state index >= 15 is 0 Å². The molecule has 1 aromatic carbocycles. The Hall–Kier alpha value is -1.79. The molecule has 2 spiro atoms. The van der Waals surface area contributed by atoms with Gasteiger partial charge in [0.05, 0.1) is 11.1 Å². The first-order valence-electron chi connectivity index (χ1n) is 8.41. The summed E-state index contributed by atoms with van der Waals surface area (Å²) < 4.78 is -1.49. The summed E-state index contributed by atoms with van der Waals surface area (Å²) in [6.45, 7) is 0.240. The van der Waals surface area contributed by atoms with Gasteiger partial charge in [-0.25, -0.2) is 9.59 Å². The maximum Gasteiger partial charge on any atom is 0.408 e. The molecule has 2 N–H and O–H groups in total. The molecule has 1 aliphatic heterocycles. The number of fused-ring (bicyclic) bond motifs is 2. The number of amides is 1. The van der Waals surface area contributed by atoms with Crippen molar-refractivity contribution in [3.05, 3.63) is 34.9 Å². The van der Waals surface area contributed by atoms with Gasteiger partial charge < -0.3 is 10.2 Å². The van der Waals surface area contributed by atoms with E-state index in [1.165, 1.54) is 11.0 Å². The van der Waals surface area contributed by atoms with Crippen LogP contribution in [0.25, 0.3) is 0 Å². The van der Waals surface area contributed by atoms with Gasteiger partial charge in [0.15, 0.2) is 10.1 Å². The maximum atomic E-state index is 12.0. The second-order valence-electron chi connectivity index (χ2n) is 7.52. The Bertz CT molecular complexity index is 854. The van der Waals surface area contributed by atoms with Gasteiger partial charge in [-0.05, 0) is 48.9 Å². The Labute approximate surface area is 159 Å². The molecule has 4 rings (SSSR count). The minimum absolute atomic E-state index is 0.177. The van der Waals surface area contributed by atoms with Gasteiger partial charge in [0.1, 0.15) is 0 Å². The van der Waals surface area contributed by atoms with Crippen molar-refractivity contribution in [3.8, 4) is 0 Å². The Morgan fingerprint density at radius 3 is 2.46 bits per heavy atom. The van der Waals surface area contributed by atoms with Crippen LogP contribution in [0.1, 0.15) is 47.2 Å². The number of carbonyl (C=O) groups is 3. The molecule has 0 radical (unpaired) electrons. The lowest BCUT2D eigenvalue weighted by Crippen LogP contribution is -2.66. The largest absolute Gasteiger partial charge is 0.478 e. The number of carboxylic acids is 1. The van der Waals surface area contributed by atoms with Crippen LogP contribution in [0, 0.1) is 5.41 Å². The minimum Gasteiger partial charge on any atom is -0.478 e. The van der Waals surface area contributed by atoms with Crippen LogP contribution >= 0.6 is 23.2 Å². The first kappa shape index (κ1) is 17.6. The van der Waals surface area contributed by atoms with Crippen molar-refractivity contribution in [1.82, 2.24) is 4.90 Å². The number of nitrogens with zero attached hydrogens (tertiary/aromatic N) is 1. The predicted octanol–water partition coefficient (Wildman–Crippen LogP) is 3.43. The summed E-state index contributed by atoms with van der Waals surface area (Å²) in [6.07, 6.45) is 1.11. The molecule has 1 saturated heterocycles. The average molecular weight is 398 g/mol. The van der Waals surface area contributed by atoms with Crippen LogP contribution in [-0.2, 0) is 16.8 Å². The molecular formula is C18H17Cl2NO5. The highest BCUT2D eigenvalue weighted by atomic mass is 35.5. The fourth-order valence-corrected chi connectivity index (χ4v) is 5.62. The maximum absolute atomic E-state index is 12.0. The summed E-state index contributed by atoms with van der Waals surface area (Å²) in [4.78, 5) is 36.6. The molecule has 8 heteroatoms. The highest BCUT2D eigenvalue weighted by Gasteiger charge is 2.69. The third kappa shape index (κ3) is 2.09. The molecule has 1 saturated carbocycles. The molecule has 1 aromatic rings. The minimum atomic E-state index is -1.49. The molecule has 2 unspecified atom stereocenters. The van der Waals surface area contributed by atoms with E-state index in [0.29, 0.717) is 25.7 Å². The second kappa shape index (κ2) is 5.36. The van der Waals surface area contributed by atoms with Crippen molar-refractivity contribution in [2.75, 3.05) is 6.54 Å². The number of alkyl halides is 2. The Kier molecular flexibility index (Phi) is 3.63. The van der Waals surface area contributed by atoms with Gasteiger partial charge in [-0.1, -0.05) is 29.3 Å². The summed E-state index contributed by atoms with van der Waals surface area (Å²) >= 11 is 12.7. The fourth-order valence-electron chi connectivity index (χ4n) is 5.03. The standard InChI is InChI=1S/C18H17Cl2NO5/c19-18(20)13(22)8-16(18)5-6-21(15(25)26)17(9-16)4-3-10-7-11(14(23)24)1-2-12(10)17/h1-2,7H,3-6,8-9H2,(H,23,24)(H,25,26). The van der Waals surface area contributed by atoms with E-state index in [0.717, 1.165) is 11.1 Å². The Morgan fingerprint density at radius 1 is 1.15 bits per heavy atom. The van der Waals surface area contributed by atoms with Gasteiger partial charge in [0, 0.05) is 18.4 Å². The molecule has 3 aliphatic rings. The average Bonchev–Trinajstić information content (AvgIpc) is 2.93. The van der Waals surface area contributed by atoms with Crippen LogP contribution in [0.15, 0.2) is 18.2 Å². The van der Waals surface area contributed by atoms with Crippen LogP contribution in [0.2, 0.25) is 0 Å². The first-order valence-corrected chi connectivity index (χ1v) is 9.17. The van der Waals surface area contributed by atoms with Crippen LogP contribution in [-0.4, -0.2) is 43.8 Å². The lowest BCUT2D eigenvalue weighted by atomic mass is 9.56. The fraction of sp³-hybridized carbons (Fsp3) is 0.500. The summed E-state index contributed by atoms with van der Waals surface area (Å²) in [5.41, 5.74) is 0.329. The number of Topliss-reactive ketones (excluding diaryl/α,β-unsaturated/α-hetero) is 1. The number of aryl methyl sites for hydroxylation is 1. The number of hydrogen-bond donors (Lipinski definition) is 2. The third-order valence-electron chi connectivity index (χ3n) is 6.37. The van der Waals surface area contributed by atoms with E-state index in [9.17, 15) is 24.6 Å². The zero-order valence-electron chi connectivity index (χ0n) is 13.8. The van der Waals surface area contributed by atoms with Gasteiger partial charge in [-0.3, -0.25) is 9.69 Å². The summed E-state index contributed by atoms with van der Waals surface area (Å²) in [6, 6.07) is 4.80. The molecule has 1 heterocycles. The zero-order chi connectivity index (χ0) is 18.9. The molecule has 2 fully saturated rings. The molecule has 0 bridgehead atoms. The Morgan fingerprint density at radius 2 is 1.88 bits per heavy atom. The molecule has 0 aromatic heterocycles. The van der Waals surface area contributed by atoms with Crippen molar-refractivity contribution in [2.45, 2.75) is 42.0 Å². The topological polar surface area (TPSA) is 94.9 Å². The molecule has 2 atom stereocenters. The van der Waals surface area contributed by atoms with Crippen molar-refractivity contribution in [3.63, 3.8) is 0 Å². The van der Waals surface area contributed by atoms with Crippen molar-refractivity contribution in [2.24, 2.45) is 5.41 Å². The van der Waals surface area contributed by atoms with E-state index in [2.05, 4.69) is 0 Å². The molecule has 1 amide bonds. The number of hydrogen-bond acceptors (Lipinski definition) is 3. The number of carboxylic acid groups (broad SMARTS) is 2. The zero-order valence-corrected chi connectivity index (χ0v) is 15.3. The lowest BCUT2D eigenvalue weighted by Gasteiger charge is -2.60. The number of carbonyl (C=O) groups excluding carboxylic acids is 1. The summed E-state index contributed by atoms with van der Waals surface area (Å²) in [7, 11) is 0. The van der Waals surface area contributed by atoms with E-state index in [1.54, 1.807) is 12.1 Å². The first-order chi connectivity index (χ1) is 12.1. The van der Waals surface area contributed by atoms with Crippen LogP contribution in [0.4, 0.5) is 4.79 Å². The van der Waals surface area contributed by atoms with Gasteiger partial charge in [-0.2, -0.15) is 0 Å². The summed E-state index contributed by atoms with van der Waals surface area (Å²) in [5, 5.41) is 19.0. The van der Waals surface area contributed by atoms with E-state index < -0.39 is 27.3 Å². The molecular weight excluding hydrogens is 381 g/mol. The number of rotatable bonds is 1. The number of halogens is 2. The molecule has 6 nitrogen and oxygen atoms in total. The van der Waals surface area contributed by atoms with Gasteiger partial charge in [0.25, 0.3) is 0 Å². The van der Waals surface area contributed by atoms with Crippen molar-refractivity contribution < 1.29 is 24.6 Å². The van der Waals surface area contributed by atoms with Crippen LogP contribution in [0.3, 0.4) is 0 Å². The lowest BCUT2D eigenvalue weighted by molar-refractivity contribution is -0.142. The van der Waals surface area contributed by atoms with Crippen molar-refractivity contribution in [1.29, 1.82) is 0 Å². The van der Waals surface area contributed by atoms with Crippen molar-refractivity contribution >= 4 is 41.0 Å². The van der Waals surface area contributed by atoms with Gasteiger partial charge in [0.2, 0.25) is 0 Å². The van der Waals surface area contributed by atoms with Gasteiger partial charge >= 0.3 is 12.1 Å². The monoisotopic (exact) mass is 397 g/mol. The predicted molar refractivity (Wildman–Crippen MR) is 93.9 cm³/mol. The van der Waals surface area contributed by atoms with E-state index in [4.69, 9.17) is 23.2 Å². The normalized spacial score (nSPS) is 31.8. The quantitative estimate of drug-likeness (QED) is 0.707. The number of aromatic carboxylic acids is 1. The molecule has 26 heavy (non-hydrogen) atoms. The number of likely N-dealkylation sites (tertiary alicyclic amines) is 1. The van der Waals surface area contributed by atoms with Gasteiger partial charge in [-0.15, -0.1) is 0 Å². The number of ketones is 1. The molecule has 2 aliphatic carbocycles. The van der Waals surface area contributed by atoms with Crippen LogP contribution in [0.5, 0.6) is 0 Å².